The second kappa shape index (κ2) is 5.20. The molecule has 2 aliphatic heterocycles. The number of sulfone groups is 1. The molecule has 1 aromatic heterocycles. The summed E-state index contributed by atoms with van der Waals surface area (Å²) in [5, 5.41) is 7.41. The molecule has 1 aromatic rings. The van der Waals surface area contributed by atoms with Crippen molar-refractivity contribution in [3.63, 3.8) is 0 Å². The molecule has 6 nitrogen and oxygen atoms in total. The Kier molecular flexibility index (Phi) is 3.58. The van der Waals surface area contributed by atoms with E-state index in [2.05, 4.69) is 15.5 Å². The van der Waals surface area contributed by atoms with Crippen LogP contribution >= 0.6 is 0 Å². The third-order valence-corrected chi connectivity index (χ3v) is 5.70. The van der Waals surface area contributed by atoms with Crippen molar-refractivity contribution in [2.24, 2.45) is 0 Å². The first-order chi connectivity index (χ1) is 9.14. The molecule has 0 amide bonds. The van der Waals surface area contributed by atoms with Gasteiger partial charge in [-0.25, -0.2) is 8.42 Å². The first kappa shape index (κ1) is 13.1. The van der Waals surface area contributed by atoms with Crippen molar-refractivity contribution in [2.75, 3.05) is 18.1 Å². The summed E-state index contributed by atoms with van der Waals surface area (Å²) in [6, 6.07) is 0.169. The molecule has 0 radical (unpaired) electrons. The highest BCUT2D eigenvalue weighted by atomic mass is 32.2. The van der Waals surface area contributed by atoms with Crippen molar-refractivity contribution in [1.82, 2.24) is 15.5 Å². The highest BCUT2D eigenvalue weighted by Gasteiger charge is 2.29. The fraction of sp³-hybridized carbons (Fsp3) is 0.833. The molecule has 0 bridgehead atoms. The van der Waals surface area contributed by atoms with Gasteiger partial charge in [-0.15, -0.1) is 0 Å². The second-order valence-corrected chi connectivity index (χ2v) is 7.72. The molecule has 0 aromatic carbocycles. The van der Waals surface area contributed by atoms with E-state index in [1.54, 1.807) is 0 Å². The smallest absolute Gasteiger partial charge is 0.243 e. The minimum Gasteiger partial charge on any atom is -0.338 e. The summed E-state index contributed by atoms with van der Waals surface area (Å²) in [6.07, 6.45) is 4.62. The molecule has 1 atom stereocenters. The van der Waals surface area contributed by atoms with Gasteiger partial charge in [-0.05, 0) is 32.2 Å². The molecule has 3 rings (SSSR count). The minimum atomic E-state index is -2.84. The quantitative estimate of drug-likeness (QED) is 0.878. The molecule has 3 heterocycles. The Balaban J connectivity index is 1.68. The largest absolute Gasteiger partial charge is 0.338 e. The van der Waals surface area contributed by atoms with Crippen LogP contribution in [0, 0.1) is 0 Å². The predicted molar refractivity (Wildman–Crippen MR) is 69.5 cm³/mol. The van der Waals surface area contributed by atoms with Gasteiger partial charge in [-0.1, -0.05) is 11.6 Å². The van der Waals surface area contributed by atoms with E-state index >= 15 is 0 Å². The van der Waals surface area contributed by atoms with E-state index < -0.39 is 9.84 Å². The van der Waals surface area contributed by atoms with E-state index in [1.165, 1.54) is 12.8 Å². The Hall–Kier alpha value is -0.950. The summed E-state index contributed by atoms with van der Waals surface area (Å²) in [6.45, 7) is 0.990. The Labute approximate surface area is 112 Å². The predicted octanol–water partition coefficient (Wildman–Crippen LogP) is 1.18. The van der Waals surface area contributed by atoms with Gasteiger partial charge in [0.15, 0.2) is 5.82 Å². The van der Waals surface area contributed by atoms with Gasteiger partial charge in [0.05, 0.1) is 17.5 Å². The molecule has 2 saturated heterocycles. The Morgan fingerprint density at radius 3 is 2.63 bits per heavy atom. The Morgan fingerprint density at radius 2 is 1.95 bits per heavy atom. The lowest BCUT2D eigenvalue weighted by atomic mass is 10.0. The number of nitrogens with zero attached hydrogens (tertiary/aromatic N) is 2. The monoisotopic (exact) mass is 285 g/mol. The van der Waals surface area contributed by atoms with Gasteiger partial charge in [0.2, 0.25) is 5.89 Å². The van der Waals surface area contributed by atoms with E-state index in [9.17, 15) is 8.42 Å². The van der Waals surface area contributed by atoms with Crippen LogP contribution < -0.4 is 5.32 Å². The second-order valence-electron chi connectivity index (χ2n) is 5.42. The zero-order valence-corrected chi connectivity index (χ0v) is 11.7. The Bertz CT molecular complexity index is 520. The van der Waals surface area contributed by atoms with Gasteiger partial charge >= 0.3 is 0 Å². The van der Waals surface area contributed by atoms with Crippen LogP contribution in [0.2, 0.25) is 0 Å². The molecule has 0 spiro atoms. The number of hydrogen-bond acceptors (Lipinski definition) is 6. The highest BCUT2D eigenvalue weighted by Crippen LogP contribution is 2.29. The van der Waals surface area contributed by atoms with E-state index in [0.717, 1.165) is 13.0 Å². The number of nitrogens with one attached hydrogen (secondary N) is 1. The number of aromatic nitrogens is 2. The van der Waals surface area contributed by atoms with Gasteiger partial charge in [0.25, 0.3) is 0 Å². The molecule has 0 aliphatic carbocycles. The standard InChI is InChI=1S/C12H19N3O3S/c16-19(17)7-4-9(5-8-19)11-14-12(18-15-11)10-3-1-2-6-13-10/h9-10,13H,1-8H2. The molecule has 19 heavy (non-hydrogen) atoms. The summed E-state index contributed by atoms with van der Waals surface area (Å²) < 4.78 is 28.1. The van der Waals surface area contributed by atoms with Crippen LogP contribution in [0.1, 0.15) is 55.8 Å². The van der Waals surface area contributed by atoms with Crippen LogP contribution in [0.4, 0.5) is 0 Å². The van der Waals surface area contributed by atoms with Crippen molar-refractivity contribution in [3.8, 4) is 0 Å². The number of rotatable bonds is 2. The van der Waals surface area contributed by atoms with Crippen molar-refractivity contribution in [1.29, 1.82) is 0 Å². The third kappa shape index (κ3) is 2.97. The molecule has 2 aliphatic rings. The minimum absolute atomic E-state index is 0.129. The van der Waals surface area contributed by atoms with E-state index in [0.29, 0.717) is 24.6 Å². The Morgan fingerprint density at radius 1 is 1.16 bits per heavy atom. The van der Waals surface area contributed by atoms with Crippen molar-refractivity contribution >= 4 is 9.84 Å². The van der Waals surface area contributed by atoms with Crippen molar-refractivity contribution in [2.45, 2.75) is 44.1 Å². The maximum atomic E-state index is 11.4. The average molecular weight is 285 g/mol. The number of piperidine rings is 1. The van der Waals surface area contributed by atoms with Gasteiger partial charge in [-0.3, -0.25) is 0 Å². The maximum Gasteiger partial charge on any atom is 0.243 e. The topological polar surface area (TPSA) is 85.1 Å². The van der Waals surface area contributed by atoms with Crippen LogP contribution in [0.25, 0.3) is 0 Å². The molecule has 106 valence electrons. The molecule has 0 saturated carbocycles. The lowest BCUT2D eigenvalue weighted by Gasteiger charge is -2.20. The summed E-state index contributed by atoms with van der Waals surface area (Å²) >= 11 is 0. The van der Waals surface area contributed by atoms with Crippen LogP contribution in [0.5, 0.6) is 0 Å². The SMILES string of the molecule is O=S1(=O)CCC(c2noc(C3CCCCN3)n2)CC1. The fourth-order valence-corrected chi connectivity index (χ4v) is 4.26. The summed E-state index contributed by atoms with van der Waals surface area (Å²) in [5.74, 6) is 1.94. The van der Waals surface area contributed by atoms with Gasteiger partial charge in [0.1, 0.15) is 9.84 Å². The van der Waals surface area contributed by atoms with Crippen LogP contribution in [-0.4, -0.2) is 36.6 Å². The molecular weight excluding hydrogens is 266 g/mol. The lowest BCUT2D eigenvalue weighted by Crippen LogP contribution is -2.27. The number of hydrogen-bond donors (Lipinski definition) is 1. The van der Waals surface area contributed by atoms with Crippen molar-refractivity contribution in [3.05, 3.63) is 11.7 Å². The molecule has 1 unspecified atom stereocenters. The summed E-state index contributed by atoms with van der Waals surface area (Å²) in [7, 11) is -2.84. The maximum absolute atomic E-state index is 11.4. The third-order valence-electron chi connectivity index (χ3n) is 3.99. The normalized spacial score (nSPS) is 28.3. The highest BCUT2D eigenvalue weighted by molar-refractivity contribution is 7.91. The first-order valence-corrected chi connectivity index (χ1v) is 8.73. The zero-order valence-electron chi connectivity index (χ0n) is 10.8. The van der Waals surface area contributed by atoms with Gasteiger partial charge < -0.3 is 9.84 Å². The van der Waals surface area contributed by atoms with Crippen LogP contribution in [0.3, 0.4) is 0 Å². The molecular formula is C12H19N3O3S. The van der Waals surface area contributed by atoms with E-state index in [4.69, 9.17) is 4.52 Å². The first-order valence-electron chi connectivity index (χ1n) is 6.91. The van der Waals surface area contributed by atoms with E-state index in [-0.39, 0.29) is 23.5 Å². The average Bonchev–Trinajstić information content (AvgIpc) is 2.89. The fourth-order valence-electron chi connectivity index (χ4n) is 2.77. The summed E-state index contributed by atoms with van der Waals surface area (Å²) in [4.78, 5) is 4.47. The van der Waals surface area contributed by atoms with Crippen LogP contribution in [0.15, 0.2) is 4.52 Å². The van der Waals surface area contributed by atoms with Crippen LogP contribution in [-0.2, 0) is 9.84 Å². The van der Waals surface area contributed by atoms with Crippen molar-refractivity contribution < 1.29 is 12.9 Å². The molecule has 2 fully saturated rings. The molecule has 7 heteroatoms. The van der Waals surface area contributed by atoms with Gasteiger partial charge in [0, 0.05) is 5.92 Å². The molecule has 1 N–H and O–H groups in total. The van der Waals surface area contributed by atoms with E-state index in [1.807, 2.05) is 0 Å². The van der Waals surface area contributed by atoms with Gasteiger partial charge in [-0.2, -0.15) is 4.98 Å². The zero-order chi connectivity index (χ0) is 13.3. The lowest BCUT2D eigenvalue weighted by molar-refractivity contribution is 0.295. The summed E-state index contributed by atoms with van der Waals surface area (Å²) in [5.41, 5.74) is 0.